The van der Waals surface area contributed by atoms with Crippen molar-refractivity contribution in [2.45, 2.75) is 33.0 Å². The van der Waals surface area contributed by atoms with Gasteiger partial charge in [0.15, 0.2) is 9.84 Å². The predicted molar refractivity (Wildman–Crippen MR) is 80.2 cm³/mol. The van der Waals surface area contributed by atoms with Gasteiger partial charge >= 0.3 is 0 Å². The minimum atomic E-state index is -2.81. The lowest BCUT2D eigenvalue weighted by Gasteiger charge is -2.32. The summed E-state index contributed by atoms with van der Waals surface area (Å²) in [5, 5.41) is 3.32. The lowest BCUT2D eigenvalue weighted by atomic mass is 10.3. The van der Waals surface area contributed by atoms with E-state index in [0.29, 0.717) is 18.1 Å². The SMILES string of the molecule is CCNCc1ccc(CN2CCS(=O)(=O)CC2C)s1. The largest absolute Gasteiger partial charge is 0.312 e. The molecule has 0 spiro atoms. The standard InChI is InChI=1S/C13H22N2O2S2/c1-3-14-8-12-4-5-13(18-12)9-15-6-7-19(16,17)10-11(15)2/h4-5,11,14H,3,6-10H2,1-2H3. The zero-order valence-corrected chi connectivity index (χ0v) is 13.2. The molecule has 0 amide bonds. The number of nitrogens with zero attached hydrogens (tertiary/aromatic N) is 1. The van der Waals surface area contributed by atoms with E-state index in [4.69, 9.17) is 0 Å². The van der Waals surface area contributed by atoms with Crippen LogP contribution in [0.3, 0.4) is 0 Å². The van der Waals surface area contributed by atoms with E-state index in [1.807, 2.05) is 18.3 Å². The minimum Gasteiger partial charge on any atom is -0.312 e. The summed E-state index contributed by atoms with van der Waals surface area (Å²) < 4.78 is 23.1. The van der Waals surface area contributed by atoms with E-state index in [-0.39, 0.29) is 6.04 Å². The molecule has 0 saturated carbocycles. The molecule has 1 unspecified atom stereocenters. The normalized spacial score (nSPS) is 23.6. The highest BCUT2D eigenvalue weighted by atomic mass is 32.2. The van der Waals surface area contributed by atoms with Crippen molar-refractivity contribution in [3.63, 3.8) is 0 Å². The summed E-state index contributed by atoms with van der Waals surface area (Å²) in [6.07, 6.45) is 0. The molecule has 1 aliphatic heterocycles. The Bertz CT molecular complexity index is 510. The summed E-state index contributed by atoms with van der Waals surface area (Å²) >= 11 is 1.81. The van der Waals surface area contributed by atoms with Gasteiger partial charge in [0.1, 0.15) is 0 Å². The first-order chi connectivity index (χ1) is 9.00. The Labute approximate surface area is 119 Å². The molecule has 1 saturated heterocycles. The zero-order valence-electron chi connectivity index (χ0n) is 11.6. The highest BCUT2D eigenvalue weighted by molar-refractivity contribution is 7.91. The lowest BCUT2D eigenvalue weighted by Crippen LogP contribution is -2.46. The van der Waals surface area contributed by atoms with Crippen LogP contribution in [-0.2, 0) is 22.9 Å². The Balaban J connectivity index is 1.92. The zero-order chi connectivity index (χ0) is 13.9. The van der Waals surface area contributed by atoms with Crippen LogP contribution in [0, 0.1) is 0 Å². The molecule has 19 heavy (non-hydrogen) atoms. The molecule has 6 heteroatoms. The molecule has 1 N–H and O–H groups in total. The van der Waals surface area contributed by atoms with Gasteiger partial charge in [-0.05, 0) is 25.6 Å². The van der Waals surface area contributed by atoms with Crippen molar-refractivity contribution < 1.29 is 8.42 Å². The third-order valence-electron chi connectivity index (χ3n) is 3.43. The van der Waals surface area contributed by atoms with Gasteiger partial charge in [-0.25, -0.2) is 8.42 Å². The van der Waals surface area contributed by atoms with Crippen molar-refractivity contribution in [2.75, 3.05) is 24.6 Å². The number of hydrogen-bond acceptors (Lipinski definition) is 5. The van der Waals surface area contributed by atoms with E-state index in [0.717, 1.165) is 19.6 Å². The van der Waals surface area contributed by atoms with Crippen molar-refractivity contribution in [3.8, 4) is 0 Å². The molecule has 1 fully saturated rings. The second-order valence-corrected chi connectivity index (χ2v) is 8.56. The van der Waals surface area contributed by atoms with E-state index in [2.05, 4.69) is 29.3 Å². The van der Waals surface area contributed by atoms with Crippen LogP contribution < -0.4 is 5.32 Å². The van der Waals surface area contributed by atoms with Crippen LogP contribution in [-0.4, -0.2) is 44.0 Å². The fraction of sp³-hybridized carbons (Fsp3) is 0.692. The van der Waals surface area contributed by atoms with Crippen LogP contribution in [0.2, 0.25) is 0 Å². The summed E-state index contributed by atoms with van der Waals surface area (Å²) in [4.78, 5) is 4.93. The second-order valence-electron chi connectivity index (χ2n) is 5.08. The monoisotopic (exact) mass is 302 g/mol. The minimum absolute atomic E-state index is 0.123. The number of rotatable bonds is 5. The molecule has 0 bridgehead atoms. The third-order valence-corrected chi connectivity index (χ3v) is 6.30. The number of hydrogen-bond donors (Lipinski definition) is 1. The van der Waals surface area contributed by atoms with Gasteiger partial charge in [-0.3, -0.25) is 4.90 Å². The summed E-state index contributed by atoms with van der Waals surface area (Å²) in [6.45, 7) is 7.53. The molecule has 2 rings (SSSR count). The van der Waals surface area contributed by atoms with Gasteiger partial charge in [0.25, 0.3) is 0 Å². The van der Waals surface area contributed by atoms with E-state index >= 15 is 0 Å². The molecule has 1 aliphatic rings. The molecule has 1 aromatic heterocycles. The second kappa shape index (κ2) is 6.35. The fourth-order valence-corrected chi connectivity index (χ4v) is 4.96. The van der Waals surface area contributed by atoms with Crippen LogP contribution >= 0.6 is 11.3 Å². The van der Waals surface area contributed by atoms with Crippen molar-refractivity contribution in [2.24, 2.45) is 0 Å². The van der Waals surface area contributed by atoms with Gasteiger partial charge in [0.05, 0.1) is 11.5 Å². The Morgan fingerprint density at radius 1 is 1.42 bits per heavy atom. The van der Waals surface area contributed by atoms with Crippen LogP contribution in [0.15, 0.2) is 12.1 Å². The van der Waals surface area contributed by atoms with Crippen LogP contribution in [0.1, 0.15) is 23.6 Å². The van der Waals surface area contributed by atoms with Crippen molar-refractivity contribution >= 4 is 21.2 Å². The van der Waals surface area contributed by atoms with Gasteiger partial charge in [0, 0.05) is 35.4 Å². The molecule has 0 aromatic carbocycles. The first-order valence-corrected chi connectivity index (χ1v) is 9.37. The summed E-state index contributed by atoms with van der Waals surface area (Å²) in [5.74, 6) is 0.593. The summed E-state index contributed by atoms with van der Waals surface area (Å²) in [6, 6.07) is 4.44. The average molecular weight is 302 g/mol. The Morgan fingerprint density at radius 3 is 2.84 bits per heavy atom. The maximum atomic E-state index is 11.5. The van der Waals surface area contributed by atoms with Crippen LogP contribution in [0.4, 0.5) is 0 Å². The van der Waals surface area contributed by atoms with Crippen LogP contribution in [0.25, 0.3) is 0 Å². The summed E-state index contributed by atoms with van der Waals surface area (Å²) in [7, 11) is -2.81. The van der Waals surface area contributed by atoms with E-state index in [1.54, 1.807) is 0 Å². The molecular formula is C13H22N2O2S2. The van der Waals surface area contributed by atoms with Gasteiger partial charge in [-0.2, -0.15) is 0 Å². The third kappa shape index (κ3) is 4.27. The predicted octanol–water partition coefficient (Wildman–Crippen LogP) is 1.48. The molecule has 1 atom stereocenters. The van der Waals surface area contributed by atoms with Crippen molar-refractivity contribution in [3.05, 3.63) is 21.9 Å². The molecular weight excluding hydrogens is 280 g/mol. The van der Waals surface area contributed by atoms with Gasteiger partial charge in [-0.15, -0.1) is 11.3 Å². The number of sulfone groups is 1. The smallest absolute Gasteiger partial charge is 0.153 e. The quantitative estimate of drug-likeness (QED) is 0.895. The van der Waals surface area contributed by atoms with E-state index in [9.17, 15) is 8.42 Å². The van der Waals surface area contributed by atoms with E-state index in [1.165, 1.54) is 9.75 Å². The molecule has 1 aromatic rings. The molecule has 108 valence electrons. The van der Waals surface area contributed by atoms with Crippen molar-refractivity contribution in [1.29, 1.82) is 0 Å². The highest BCUT2D eigenvalue weighted by Crippen LogP contribution is 2.21. The first kappa shape index (κ1) is 15.0. The molecule has 4 nitrogen and oxygen atoms in total. The maximum Gasteiger partial charge on any atom is 0.153 e. The van der Waals surface area contributed by atoms with Gasteiger partial charge < -0.3 is 5.32 Å². The Hall–Kier alpha value is -0.430. The van der Waals surface area contributed by atoms with Gasteiger partial charge in [0.2, 0.25) is 0 Å². The molecule has 0 aliphatic carbocycles. The van der Waals surface area contributed by atoms with Crippen LogP contribution in [0.5, 0.6) is 0 Å². The van der Waals surface area contributed by atoms with E-state index < -0.39 is 9.84 Å². The topological polar surface area (TPSA) is 49.4 Å². The van der Waals surface area contributed by atoms with Gasteiger partial charge in [-0.1, -0.05) is 6.92 Å². The Morgan fingerprint density at radius 2 is 2.16 bits per heavy atom. The number of thiophene rings is 1. The van der Waals surface area contributed by atoms with Crippen molar-refractivity contribution in [1.82, 2.24) is 10.2 Å². The average Bonchev–Trinajstić information content (AvgIpc) is 2.77. The fourth-order valence-electron chi connectivity index (χ4n) is 2.32. The highest BCUT2D eigenvalue weighted by Gasteiger charge is 2.28. The molecule has 0 radical (unpaired) electrons. The maximum absolute atomic E-state index is 11.5. The number of nitrogens with one attached hydrogen (secondary N) is 1. The molecule has 2 heterocycles. The first-order valence-electron chi connectivity index (χ1n) is 6.73. The lowest BCUT2D eigenvalue weighted by molar-refractivity contribution is 0.220. The Kier molecular flexibility index (Phi) is 5.00. The summed E-state index contributed by atoms with van der Waals surface area (Å²) in [5.41, 5.74) is 0.